The van der Waals surface area contributed by atoms with Crippen molar-refractivity contribution in [3.05, 3.63) is 25.3 Å². The van der Waals surface area contributed by atoms with Gasteiger partial charge in [-0.1, -0.05) is 0 Å². The highest BCUT2D eigenvalue weighted by molar-refractivity contribution is 7.80. The standard InChI is InChI=1S/C10H12N4O5.C5H4N4S/c15-1-4-6(16)7(17)10(19-4)14-3-13-5-8(14)11-2-12-9(5)18;10-5-3-4(7-1-6-3)8-2-9-5/h2-4,6-7,10,15-17H,1H2,(H,11,12,18);1-2H,(H2,6,7,8,9,10)/t4-,6-,7-,10-;/m1./s1. The summed E-state index contributed by atoms with van der Waals surface area (Å²) in [5.41, 5.74) is 1.87. The van der Waals surface area contributed by atoms with E-state index in [1.165, 1.54) is 17.2 Å². The van der Waals surface area contributed by atoms with Crippen LogP contribution in [0.15, 0.2) is 30.3 Å². The summed E-state index contributed by atoms with van der Waals surface area (Å²) in [5.74, 6) is -0.282. The molecule has 152 valence electrons. The lowest BCUT2D eigenvalue weighted by atomic mass is 10.1. The zero-order chi connectivity index (χ0) is 20.5. The topological polar surface area (TPSA) is 188 Å². The van der Waals surface area contributed by atoms with E-state index in [1.54, 1.807) is 6.33 Å². The van der Waals surface area contributed by atoms with Crippen LogP contribution in [0.2, 0.25) is 0 Å². The summed E-state index contributed by atoms with van der Waals surface area (Å²) < 4.78 is 6.73. The Morgan fingerprint density at radius 2 is 1.86 bits per heavy atom. The highest BCUT2D eigenvalue weighted by atomic mass is 32.1. The monoisotopic (exact) mass is 420 g/mol. The van der Waals surface area contributed by atoms with Gasteiger partial charge in [0.15, 0.2) is 23.0 Å². The van der Waals surface area contributed by atoms with E-state index in [2.05, 4.69) is 47.5 Å². The van der Waals surface area contributed by atoms with Gasteiger partial charge in [0.1, 0.15) is 41.5 Å². The number of aromatic nitrogens is 8. The van der Waals surface area contributed by atoms with E-state index >= 15 is 0 Å². The van der Waals surface area contributed by atoms with Crippen LogP contribution in [0.25, 0.3) is 22.3 Å². The molecule has 4 aromatic rings. The summed E-state index contributed by atoms with van der Waals surface area (Å²) in [7, 11) is 0. The van der Waals surface area contributed by atoms with E-state index in [0.717, 1.165) is 11.8 Å². The molecule has 5 heterocycles. The summed E-state index contributed by atoms with van der Waals surface area (Å²) in [4.78, 5) is 26.0. The number of ether oxygens (including phenoxy) is 1. The van der Waals surface area contributed by atoms with Gasteiger partial charge in [-0.2, -0.15) is 4.98 Å². The number of nitrogens with one attached hydrogen (secondary N) is 1. The predicted molar refractivity (Wildman–Crippen MR) is 98.9 cm³/mol. The predicted octanol–water partition coefficient (Wildman–Crippen LogP) is -1.22. The van der Waals surface area contributed by atoms with Crippen LogP contribution in [0.3, 0.4) is 0 Å². The van der Waals surface area contributed by atoms with Crippen LogP contribution in [-0.4, -0.2) is 84.8 Å². The van der Waals surface area contributed by atoms with Crippen molar-refractivity contribution in [2.24, 2.45) is 0 Å². The van der Waals surface area contributed by atoms with Gasteiger partial charge in [-0.25, -0.2) is 24.9 Å². The maximum atomic E-state index is 9.92. The molecular weight excluding hydrogens is 404 g/mol. The van der Waals surface area contributed by atoms with Crippen LogP contribution < -0.4 is 0 Å². The summed E-state index contributed by atoms with van der Waals surface area (Å²) in [6.07, 6.45) is 1.22. The van der Waals surface area contributed by atoms with E-state index in [-0.39, 0.29) is 17.0 Å². The number of hydrogen-bond acceptors (Lipinski definition) is 12. The molecule has 0 unspecified atom stereocenters. The lowest BCUT2D eigenvalue weighted by Gasteiger charge is -2.16. The number of thiol groups is 1. The summed E-state index contributed by atoms with van der Waals surface area (Å²) in [5, 5.41) is 38.8. The van der Waals surface area contributed by atoms with Gasteiger partial charge in [-0.15, -0.1) is 12.6 Å². The molecule has 0 amide bonds. The summed E-state index contributed by atoms with van der Waals surface area (Å²) in [6, 6.07) is 0. The number of nitrogens with zero attached hydrogens (tertiary/aromatic N) is 7. The Hall–Kier alpha value is -2.91. The fraction of sp³-hybridized carbons (Fsp3) is 0.333. The molecule has 5 rings (SSSR count). The molecule has 0 bridgehead atoms. The molecule has 0 spiro atoms. The number of hydrogen-bond donors (Lipinski definition) is 6. The first-order valence-electron chi connectivity index (χ1n) is 8.33. The zero-order valence-corrected chi connectivity index (χ0v) is 15.5. The second kappa shape index (κ2) is 7.84. The molecule has 14 heteroatoms. The molecule has 29 heavy (non-hydrogen) atoms. The minimum atomic E-state index is -1.23. The first-order chi connectivity index (χ1) is 14.0. The molecule has 13 nitrogen and oxygen atoms in total. The quantitative estimate of drug-likeness (QED) is 0.168. The Morgan fingerprint density at radius 1 is 1.07 bits per heavy atom. The molecule has 1 fully saturated rings. The van der Waals surface area contributed by atoms with Gasteiger partial charge < -0.3 is 30.1 Å². The Balaban J connectivity index is 0.000000171. The van der Waals surface area contributed by atoms with Crippen molar-refractivity contribution < 1.29 is 25.2 Å². The second-order valence-electron chi connectivity index (χ2n) is 6.05. The van der Waals surface area contributed by atoms with Crippen LogP contribution in [0, 0.1) is 0 Å². The van der Waals surface area contributed by atoms with Gasteiger partial charge in [0.2, 0.25) is 5.88 Å². The van der Waals surface area contributed by atoms with Gasteiger partial charge in [-0.3, -0.25) is 4.57 Å². The number of fused-ring (bicyclic) bond motifs is 2. The highest BCUT2D eigenvalue weighted by Crippen LogP contribution is 2.32. The molecule has 5 N–H and O–H groups in total. The van der Waals surface area contributed by atoms with Crippen LogP contribution in [0.4, 0.5) is 0 Å². The number of rotatable bonds is 2. The van der Waals surface area contributed by atoms with Crippen LogP contribution >= 0.6 is 12.6 Å². The van der Waals surface area contributed by atoms with Crippen LogP contribution in [0.5, 0.6) is 5.88 Å². The maximum Gasteiger partial charge on any atom is 0.242 e. The van der Waals surface area contributed by atoms with E-state index in [1.807, 2.05) is 0 Å². The Morgan fingerprint density at radius 3 is 2.59 bits per heavy atom. The normalized spacial score (nSPS) is 24.0. The van der Waals surface area contributed by atoms with Crippen molar-refractivity contribution in [2.75, 3.05) is 6.61 Å². The first kappa shape index (κ1) is 19.4. The average molecular weight is 420 g/mol. The van der Waals surface area contributed by atoms with E-state index in [9.17, 15) is 15.3 Å². The van der Waals surface area contributed by atoms with Crippen molar-refractivity contribution in [2.45, 2.75) is 29.6 Å². The lowest BCUT2D eigenvalue weighted by Crippen LogP contribution is -2.33. The highest BCUT2D eigenvalue weighted by Gasteiger charge is 2.44. The van der Waals surface area contributed by atoms with Crippen molar-refractivity contribution in [3.63, 3.8) is 0 Å². The third kappa shape index (κ3) is 3.47. The van der Waals surface area contributed by atoms with Crippen molar-refractivity contribution in [3.8, 4) is 5.88 Å². The van der Waals surface area contributed by atoms with E-state index in [0.29, 0.717) is 10.7 Å². The minimum absolute atomic E-state index is 0.167. The number of H-pyrrole nitrogens is 1. The number of aromatic amines is 1. The molecule has 4 aromatic heterocycles. The van der Waals surface area contributed by atoms with Gasteiger partial charge >= 0.3 is 0 Å². The molecule has 0 aliphatic carbocycles. The summed E-state index contributed by atoms with van der Waals surface area (Å²) >= 11 is 4.09. The van der Waals surface area contributed by atoms with Gasteiger partial charge in [0, 0.05) is 0 Å². The molecule has 1 aliphatic heterocycles. The number of aliphatic hydroxyl groups is 3. The van der Waals surface area contributed by atoms with E-state index in [4.69, 9.17) is 9.84 Å². The Labute approximate surface area is 167 Å². The van der Waals surface area contributed by atoms with Crippen molar-refractivity contribution in [1.29, 1.82) is 0 Å². The maximum absolute atomic E-state index is 9.92. The smallest absolute Gasteiger partial charge is 0.242 e. The zero-order valence-electron chi connectivity index (χ0n) is 14.6. The Bertz CT molecular complexity index is 1140. The minimum Gasteiger partial charge on any atom is -0.492 e. The van der Waals surface area contributed by atoms with Gasteiger partial charge in [0.05, 0.1) is 19.3 Å². The van der Waals surface area contributed by atoms with E-state index < -0.39 is 31.1 Å². The molecular formula is C15H16N8O5S. The largest absolute Gasteiger partial charge is 0.492 e. The molecule has 1 saturated heterocycles. The van der Waals surface area contributed by atoms with Gasteiger partial charge in [0.25, 0.3) is 0 Å². The van der Waals surface area contributed by atoms with Crippen LogP contribution in [-0.2, 0) is 4.74 Å². The number of aromatic hydroxyl groups is 1. The lowest BCUT2D eigenvalue weighted by molar-refractivity contribution is -0.0511. The number of aliphatic hydroxyl groups excluding tert-OH is 3. The van der Waals surface area contributed by atoms with Crippen LogP contribution in [0.1, 0.15) is 6.23 Å². The molecule has 0 radical (unpaired) electrons. The molecule has 0 saturated carbocycles. The first-order valence-corrected chi connectivity index (χ1v) is 8.78. The number of imidazole rings is 2. The van der Waals surface area contributed by atoms with Crippen molar-refractivity contribution in [1.82, 2.24) is 39.5 Å². The Kier molecular flexibility index (Phi) is 5.25. The molecule has 0 aromatic carbocycles. The van der Waals surface area contributed by atoms with Gasteiger partial charge in [-0.05, 0) is 0 Å². The third-order valence-corrected chi connectivity index (χ3v) is 4.67. The fourth-order valence-electron chi connectivity index (χ4n) is 2.89. The summed E-state index contributed by atoms with van der Waals surface area (Å²) in [6.45, 7) is -0.415. The fourth-order valence-corrected chi connectivity index (χ4v) is 3.10. The second-order valence-corrected chi connectivity index (χ2v) is 6.47. The molecule has 1 aliphatic rings. The SMILES string of the molecule is OC[C@H]1O[C@@H](n2cnc3c(O)ncnc32)[C@H](O)[C@@H]1O.Sc1ncnc2nc[nH]c12. The van der Waals surface area contributed by atoms with Crippen molar-refractivity contribution >= 4 is 35.0 Å². The molecule has 4 atom stereocenters. The average Bonchev–Trinajstić information content (AvgIpc) is 3.42. The third-order valence-electron chi connectivity index (χ3n) is 4.33.